The largest absolute Gasteiger partial charge is 0.478 e. The zero-order chi connectivity index (χ0) is 65.2. The van der Waals surface area contributed by atoms with E-state index in [1.165, 1.54) is 72.8 Å². The summed E-state index contributed by atoms with van der Waals surface area (Å²) >= 11 is 10.4. The Labute approximate surface area is 507 Å². The highest BCUT2D eigenvalue weighted by Crippen LogP contribution is 2.25. The van der Waals surface area contributed by atoms with Crippen molar-refractivity contribution < 1.29 is 57.4 Å². The molecule has 10 aromatic rings. The van der Waals surface area contributed by atoms with Gasteiger partial charge in [0.1, 0.15) is 69.2 Å². The summed E-state index contributed by atoms with van der Waals surface area (Å²) in [6, 6.07) is 17.1. The molecular weight excluding hydrogens is 1230 g/mol. The highest BCUT2D eigenvalue weighted by atomic mass is 32.1. The number of halogens is 2. The fourth-order valence-electron chi connectivity index (χ4n) is 8.52. The number of fused-ring (bicyclic) bond motifs is 2. The molecule has 0 bridgehead atoms. The van der Waals surface area contributed by atoms with Gasteiger partial charge in [-0.15, -0.1) is 10.2 Å². The molecule has 0 saturated heterocycles. The normalized spacial score (nSPS) is 11.7. The lowest BCUT2D eigenvalue weighted by Gasteiger charge is -2.17. The van der Waals surface area contributed by atoms with E-state index in [0.29, 0.717) is 11.1 Å². The summed E-state index contributed by atoms with van der Waals surface area (Å²) in [4.78, 5) is 154. The second kappa shape index (κ2) is 25.2. The number of aromatic carboxylic acids is 2. The topological polar surface area (TPSA) is 514 Å². The number of rotatable bonds is 20. The Morgan fingerprint density at radius 2 is 0.900 bits per heavy atom. The maximum absolute atomic E-state index is 14.4. The molecule has 32 nitrogen and oxygen atoms in total. The molecule has 10 rings (SSSR count). The number of benzene rings is 4. The number of aromatic amines is 2. The Kier molecular flexibility index (Phi) is 17.3. The minimum absolute atomic E-state index is 0.0259. The Balaban J connectivity index is 0.000000213. The number of hydrogen-bond donors (Lipinski definition) is 14. The van der Waals surface area contributed by atoms with Crippen LogP contribution in [0.5, 0.6) is 0 Å². The maximum Gasteiger partial charge on any atom is 0.335 e. The van der Waals surface area contributed by atoms with Gasteiger partial charge in [0, 0.05) is 13.1 Å². The van der Waals surface area contributed by atoms with Crippen LogP contribution in [-0.4, -0.2) is 96.8 Å². The van der Waals surface area contributed by atoms with E-state index >= 15 is 0 Å². The van der Waals surface area contributed by atoms with E-state index in [9.17, 15) is 66.3 Å². The molecule has 0 aliphatic heterocycles. The molecule has 0 fully saturated rings. The second-order valence-corrected chi connectivity index (χ2v) is 19.8. The van der Waals surface area contributed by atoms with E-state index in [-0.39, 0.29) is 113 Å². The highest BCUT2D eigenvalue weighted by molar-refractivity contribution is 7.71. The average molecular weight is 1270 g/mol. The molecule has 456 valence electrons. The van der Waals surface area contributed by atoms with Crippen LogP contribution in [0.2, 0.25) is 0 Å². The van der Waals surface area contributed by atoms with Crippen molar-refractivity contribution >= 4 is 117 Å². The second-order valence-electron chi connectivity index (χ2n) is 19.0. The fourth-order valence-corrected chi connectivity index (χ4v) is 8.97. The predicted octanol–water partition coefficient (Wildman–Crippen LogP) is 0.865. The molecular formula is C54H40F2N18O14S2. The number of nitrogens with zero attached hydrogens (tertiary/aromatic N) is 6. The zero-order valence-corrected chi connectivity index (χ0v) is 46.8. The van der Waals surface area contributed by atoms with Crippen LogP contribution < -0.4 is 76.6 Å². The highest BCUT2D eigenvalue weighted by Gasteiger charge is 2.28. The molecule has 90 heavy (non-hydrogen) atoms. The average Bonchev–Trinajstić information content (AvgIpc) is 1.45. The summed E-state index contributed by atoms with van der Waals surface area (Å²) in [5, 5.41) is 46.0. The summed E-state index contributed by atoms with van der Waals surface area (Å²) in [6.07, 6.45) is 0. The third-order valence-electron chi connectivity index (χ3n) is 13.2. The van der Waals surface area contributed by atoms with E-state index in [2.05, 4.69) is 62.3 Å². The molecule has 6 amide bonds. The van der Waals surface area contributed by atoms with Crippen LogP contribution in [0.3, 0.4) is 0 Å². The molecule has 18 N–H and O–H groups in total. The Bertz CT molecular complexity index is 4950. The molecule has 6 aromatic carbocycles. The maximum atomic E-state index is 14.4. The van der Waals surface area contributed by atoms with E-state index < -0.39 is 92.8 Å². The first-order valence-electron chi connectivity index (χ1n) is 25.4. The number of H-pyrrole nitrogens is 2. The Hall–Kier alpha value is -12.6. The van der Waals surface area contributed by atoms with Gasteiger partial charge < -0.3 is 65.0 Å². The van der Waals surface area contributed by atoms with Crippen LogP contribution in [0, 0.1) is 21.2 Å². The first-order chi connectivity index (χ1) is 42.7. The van der Waals surface area contributed by atoms with Gasteiger partial charge in [-0.2, -0.15) is 0 Å². The number of amides is 6. The fraction of sp³-hybridized carbons (Fsp3) is 0.0741. The van der Waals surface area contributed by atoms with Crippen molar-refractivity contribution in [2.24, 2.45) is 11.5 Å². The van der Waals surface area contributed by atoms with E-state index in [1.54, 1.807) is 0 Å². The van der Waals surface area contributed by atoms with Gasteiger partial charge in [0.2, 0.25) is 21.4 Å². The third kappa shape index (κ3) is 12.7. The van der Waals surface area contributed by atoms with E-state index in [1.807, 2.05) is 0 Å². The molecule has 0 unspecified atom stereocenters. The predicted molar refractivity (Wildman–Crippen MR) is 315 cm³/mol. The Morgan fingerprint density at radius 1 is 0.522 bits per heavy atom. The lowest BCUT2D eigenvalue weighted by molar-refractivity contribution is -0.120. The Morgan fingerprint density at radius 3 is 1.29 bits per heavy atom. The van der Waals surface area contributed by atoms with Gasteiger partial charge in [0.25, 0.3) is 56.9 Å². The van der Waals surface area contributed by atoms with Gasteiger partial charge >= 0.3 is 11.9 Å². The molecule has 0 aliphatic carbocycles. The number of anilines is 6. The molecule has 0 spiro atoms. The van der Waals surface area contributed by atoms with Crippen molar-refractivity contribution in [1.82, 2.24) is 60.4 Å². The van der Waals surface area contributed by atoms with Gasteiger partial charge in [-0.1, -0.05) is 36.4 Å². The van der Waals surface area contributed by atoms with Crippen LogP contribution in [0.4, 0.5) is 42.9 Å². The SMILES string of the molecule is NC(=O)[C@H](NC(=O)c1cc(C(=O)NCc2ccc(F)c(Nc3c(N)c(=O)c3=O)c2)n2c(=S)[nH]nc2n1)c1ccc(C(=O)O)cc1.NC(=O)[C@H](NC(=O)c1cc(C(=O)NCc2ccc(F)c(Nc3c(N)c(=O)c3=O)c2)nc2n[nH]c(=S)n12)c1ccc(C(=O)O)cc1. The first-order valence-corrected chi connectivity index (χ1v) is 26.2. The number of nitrogen functional groups attached to an aromatic ring is 2. The number of aromatic nitrogens is 8. The minimum atomic E-state index is -1.39. The van der Waals surface area contributed by atoms with Crippen molar-refractivity contribution in [1.29, 1.82) is 0 Å². The molecule has 4 heterocycles. The lowest BCUT2D eigenvalue weighted by atomic mass is 10.0. The van der Waals surface area contributed by atoms with Gasteiger partial charge in [0.15, 0.2) is 0 Å². The smallest absolute Gasteiger partial charge is 0.335 e. The summed E-state index contributed by atoms with van der Waals surface area (Å²) in [7, 11) is 0. The number of carbonyl (C=O) groups excluding carboxylic acids is 6. The monoisotopic (exact) mass is 1270 g/mol. The van der Waals surface area contributed by atoms with Gasteiger partial charge in [0.05, 0.1) is 22.5 Å². The number of carboxylic acids is 2. The van der Waals surface area contributed by atoms with Crippen LogP contribution in [0.25, 0.3) is 11.6 Å². The first kappa shape index (κ1) is 61.9. The van der Waals surface area contributed by atoms with Crippen LogP contribution in [-0.2, 0) is 22.7 Å². The molecule has 36 heteroatoms. The standard InChI is InChI=1S/2C27H20FN9O7S/c28-13-6-1-10(7-14(13)32-19-17(29)20(38)21(19)39)9-31-24(42)16-8-15(33-26-35-36-27(45)37(16)26)23(41)34-18(22(30)40)11-2-4-12(5-3-11)25(43)44;28-13-6-1-10(7-14(13)32-19-17(29)20(38)21(19)39)9-31-23(41)15-8-16(37-26(33-15)35-36-27(37)45)24(42)34-18(22(30)40)11-2-4-12(5-3-11)25(43)44/h1-8,18,32H,9,29H2,(H2,30,40)(H,31,42)(H,34,41)(H,36,45)(H,43,44);1-8,18,32H,9,29H2,(H2,30,40)(H,31,41)(H,34,42)(H,36,45)(H,43,44)/t2*18-/m11/s1. The number of carbonyl (C=O) groups is 8. The quantitative estimate of drug-likeness (QED) is 0.0372. The number of nitrogens with one attached hydrogen (secondary N) is 8. The zero-order valence-electron chi connectivity index (χ0n) is 45.2. The summed E-state index contributed by atoms with van der Waals surface area (Å²) < 4.78 is 30.9. The van der Waals surface area contributed by atoms with Crippen molar-refractivity contribution in [2.75, 3.05) is 22.1 Å². The van der Waals surface area contributed by atoms with Gasteiger partial charge in [-0.05, 0) is 107 Å². The summed E-state index contributed by atoms with van der Waals surface area (Å²) in [5.74, 6) is -9.44. The lowest BCUT2D eigenvalue weighted by Crippen LogP contribution is -2.38. The number of nitrogens with two attached hydrogens (primary N) is 4. The van der Waals surface area contributed by atoms with Crippen LogP contribution >= 0.6 is 24.4 Å². The van der Waals surface area contributed by atoms with Crippen LogP contribution in [0.1, 0.15) is 97.0 Å². The number of hydrogen-bond acceptors (Lipinski definition) is 22. The van der Waals surface area contributed by atoms with Crippen molar-refractivity contribution in [3.05, 3.63) is 215 Å². The van der Waals surface area contributed by atoms with Gasteiger partial charge in [-0.3, -0.25) is 47.9 Å². The van der Waals surface area contributed by atoms with Crippen molar-refractivity contribution in [3.63, 3.8) is 0 Å². The van der Waals surface area contributed by atoms with Crippen molar-refractivity contribution in [2.45, 2.75) is 25.2 Å². The molecule has 0 aliphatic rings. The third-order valence-corrected chi connectivity index (χ3v) is 13.7. The van der Waals surface area contributed by atoms with Crippen LogP contribution in [0.15, 0.2) is 116 Å². The van der Waals surface area contributed by atoms with Gasteiger partial charge in [-0.25, -0.2) is 47.3 Å². The van der Waals surface area contributed by atoms with Crippen molar-refractivity contribution in [3.8, 4) is 0 Å². The minimum Gasteiger partial charge on any atom is -0.478 e. The summed E-state index contributed by atoms with van der Waals surface area (Å²) in [6.45, 7) is -0.325. The molecule has 0 radical (unpaired) electrons. The molecule has 4 aromatic heterocycles. The summed E-state index contributed by atoms with van der Waals surface area (Å²) in [5.41, 5.74) is 17.0. The van der Waals surface area contributed by atoms with E-state index in [0.717, 1.165) is 33.1 Å². The molecule has 2 atom stereocenters. The number of carboxylic acid groups (broad SMARTS) is 2. The van der Waals surface area contributed by atoms with E-state index in [4.69, 9.17) is 57.6 Å². The molecule has 0 saturated carbocycles. The number of primary amides is 2.